The molecule has 0 saturated carbocycles. The monoisotopic (exact) mass is 301 g/mol. The second-order valence-corrected chi connectivity index (χ2v) is 5.45. The summed E-state index contributed by atoms with van der Waals surface area (Å²) >= 11 is 0. The third-order valence-corrected chi connectivity index (χ3v) is 3.29. The second kappa shape index (κ2) is 8.83. The van der Waals surface area contributed by atoms with Gasteiger partial charge in [0.1, 0.15) is 0 Å². The van der Waals surface area contributed by atoms with Crippen molar-refractivity contribution in [1.29, 1.82) is 5.26 Å². The van der Waals surface area contributed by atoms with E-state index in [0.717, 1.165) is 12.0 Å². The smallest absolute Gasteiger partial charge is 0.242 e. The van der Waals surface area contributed by atoms with Crippen molar-refractivity contribution in [3.8, 4) is 6.07 Å². The summed E-state index contributed by atoms with van der Waals surface area (Å²) in [5.74, 6) is -0.207. The summed E-state index contributed by atoms with van der Waals surface area (Å²) < 4.78 is 0. The lowest BCUT2D eigenvalue weighted by Gasteiger charge is -2.27. The zero-order valence-electron chi connectivity index (χ0n) is 13.4. The van der Waals surface area contributed by atoms with E-state index in [-0.39, 0.29) is 24.4 Å². The van der Waals surface area contributed by atoms with Crippen LogP contribution in [0.25, 0.3) is 0 Å². The lowest BCUT2D eigenvalue weighted by molar-refractivity contribution is -0.134. The number of hydrogen-bond donors (Lipinski definition) is 1. The first-order valence-corrected chi connectivity index (χ1v) is 7.53. The molecule has 2 amide bonds. The van der Waals surface area contributed by atoms with Crippen LogP contribution in [0.1, 0.15) is 44.7 Å². The Morgan fingerprint density at radius 3 is 2.41 bits per heavy atom. The molecule has 1 aromatic carbocycles. The van der Waals surface area contributed by atoms with Crippen LogP contribution in [0.5, 0.6) is 0 Å². The van der Waals surface area contributed by atoms with E-state index in [1.54, 1.807) is 17.0 Å². The average Bonchev–Trinajstić information content (AvgIpc) is 2.51. The standard InChI is InChI=1S/C17H23N3O2/c1-4-5-16(21)19-11-17(22)20(13(2)3)12-15-8-6-14(10-18)7-9-15/h6-9,13H,4-5,11-12H2,1-3H3,(H,19,21). The molecule has 0 radical (unpaired) electrons. The maximum absolute atomic E-state index is 12.3. The molecule has 5 nitrogen and oxygen atoms in total. The lowest BCUT2D eigenvalue weighted by atomic mass is 10.1. The Morgan fingerprint density at radius 1 is 1.27 bits per heavy atom. The highest BCUT2D eigenvalue weighted by atomic mass is 16.2. The van der Waals surface area contributed by atoms with Crippen LogP contribution in [0.2, 0.25) is 0 Å². The molecule has 1 N–H and O–H groups in total. The molecule has 0 aliphatic carbocycles. The summed E-state index contributed by atoms with van der Waals surface area (Å²) in [6.45, 7) is 6.29. The van der Waals surface area contributed by atoms with E-state index >= 15 is 0 Å². The van der Waals surface area contributed by atoms with Crippen molar-refractivity contribution in [2.45, 2.75) is 46.2 Å². The van der Waals surface area contributed by atoms with Gasteiger partial charge < -0.3 is 10.2 Å². The number of benzene rings is 1. The minimum atomic E-state index is -0.108. The first-order chi connectivity index (χ1) is 10.5. The van der Waals surface area contributed by atoms with E-state index in [0.29, 0.717) is 18.5 Å². The third-order valence-electron chi connectivity index (χ3n) is 3.29. The summed E-state index contributed by atoms with van der Waals surface area (Å²) in [6.07, 6.45) is 1.20. The lowest BCUT2D eigenvalue weighted by Crippen LogP contribution is -2.43. The number of nitriles is 1. The van der Waals surface area contributed by atoms with E-state index in [9.17, 15) is 9.59 Å². The summed E-state index contributed by atoms with van der Waals surface area (Å²) in [7, 11) is 0. The predicted octanol–water partition coefficient (Wildman–Crippen LogP) is 2.21. The Bertz CT molecular complexity index is 544. The van der Waals surface area contributed by atoms with Crippen LogP contribution < -0.4 is 5.32 Å². The molecule has 5 heteroatoms. The number of carbonyl (C=O) groups excluding carboxylic acids is 2. The Morgan fingerprint density at radius 2 is 1.91 bits per heavy atom. The molecule has 0 spiro atoms. The molecule has 0 aliphatic heterocycles. The number of carbonyl (C=O) groups is 2. The van der Waals surface area contributed by atoms with Crippen molar-refractivity contribution >= 4 is 11.8 Å². The quantitative estimate of drug-likeness (QED) is 0.839. The molecule has 0 aromatic heterocycles. The summed E-state index contributed by atoms with van der Waals surface area (Å²) in [5, 5.41) is 11.4. The molecule has 1 aromatic rings. The number of nitrogens with one attached hydrogen (secondary N) is 1. The van der Waals surface area contributed by atoms with Gasteiger partial charge in [0, 0.05) is 19.0 Å². The van der Waals surface area contributed by atoms with Crippen molar-refractivity contribution in [3.05, 3.63) is 35.4 Å². The van der Waals surface area contributed by atoms with Gasteiger partial charge in [0.05, 0.1) is 18.2 Å². The van der Waals surface area contributed by atoms with Crippen molar-refractivity contribution in [2.75, 3.05) is 6.54 Å². The molecule has 0 heterocycles. The van der Waals surface area contributed by atoms with Crippen molar-refractivity contribution in [3.63, 3.8) is 0 Å². The van der Waals surface area contributed by atoms with Gasteiger partial charge in [0.15, 0.2) is 0 Å². The molecule has 0 fully saturated rings. The number of amides is 2. The highest BCUT2D eigenvalue weighted by Gasteiger charge is 2.17. The molecule has 118 valence electrons. The fourth-order valence-electron chi connectivity index (χ4n) is 2.03. The van der Waals surface area contributed by atoms with Gasteiger partial charge in [-0.1, -0.05) is 19.1 Å². The Kier molecular flexibility index (Phi) is 7.11. The van der Waals surface area contributed by atoms with Crippen LogP contribution in [0.3, 0.4) is 0 Å². The third kappa shape index (κ3) is 5.57. The highest BCUT2D eigenvalue weighted by Crippen LogP contribution is 2.10. The zero-order valence-corrected chi connectivity index (χ0v) is 13.4. The normalized spacial score (nSPS) is 10.1. The van der Waals surface area contributed by atoms with Gasteiger partial charge in [-0.15, -0.1) is 0 Å². The van der Waals surface area contributed by atoms with Crippen LogP contribution in [0.4, 0.5) is 0 Å². The Hall–Kier alpha value is -2.35. The average molecular weight is 301 g/mol. The van der Waals surface area contributed by atoms with Crippen molar-refractivity contribution in [2.24, 2.45) is 0 Å². The van der Waals surface area contributed by atoms with Gasteiger partial charge in [0.25, 0.3) is 0 Å². The highest BCUT2D eigenvalue weighted by molar-refractivity contribution is 5.84. The molecule has 0 unspecified atom stereocenters. The van der Waals surface area contributed by atoms with E-state index in [1.165, 1.54) is 0 Å². The fraction of sp³-hybridized carbons (Fsp3) is 0.471. The minimum Gasteiger partial charge on any atom is -0.347 e. The van der Waals surface area contributed by atoms with Crippen LogP contribution in [-0.4, -0.2) is 29.3 Å². The van der Waals surface area contributed by atoms with Gasteiger partial charge in [-0.2, -0.15) is 5.26 Å². The number of hydrogen-bond acceptors (Lipinski definition) is 3. The molecule has 0 bridgehead atoms. The largest absolute Gasteiger partial charge is 0.347 e. The molecular formula is C17H23N3O2. The molecular weight excluding hydrogens is 278 g/mol. The van der Waals surface area contributed by atoms with Crippen LogP contribution in [0.15, 0.2) is 24.3 Å². The zero-order chi connectivity index (χ0) is 16.5. The maximum Gasteiger partial charge on any atom is 0.242 e. The summed E-state index contributed by atoms with van der Waals surface area (Å²) in [5.41, 5.74) is 1.55. The van der Waals surface area contributed by atoms with Gasteiger partial charge in [-0.25, -0.2) is 0 Å². The SMILES string of the molecule is CCCC(=O)NCC(=O)N(Cc1ccc(C#N)cc1)C(C)C. The Labute approximate surface area is 131 Å². The summed E-state index contributed by atoms with van der Waals surface area (Å²) in [4.78, 5) is 25.5. The van der Waals surface area contributed by atoms with Crippen LogP contribution in [-0.2, 0) is 16.1 Å². The molecule has 0 saturated heterocycles. The van der Waals surface area contributed by atoms with Crippen LogP contribution in [0, 0.1) is 11.3 Å². The van der Waals surface area contributed by atoms with Gasteiger partial charge in [-0.05, 0) is 38.0 Å². The second-order valence-electron chi connectivity index (χ2n) is 5.45. The molecule has 22 heavy (non-hydrogen) atoms. The van der Waals surface area contributed by atoms with E-state index < -0.39 is 0 Å². The first kappa shape index (κ1) is 17.7. The van der Waals surface area contributed by atoms with E-state index in [1.807, 2.05) is 32.9 Å². The van der Waals surface area contributed by atoms with Gasteiger partial charge in [-0.3, -0.25) is 9.59 Å². The molecule has 0 atom stereocenters. The Balaban J connectivity index is 2.66. The minimum absolute atomic E-state index is 0.0211. The maximum atomic E-state index is 12.3. The van der Waals surface area contributed by atoms with Gasteiger partial charge >= 0.3 is 0 Å². The van der Waals surface area contributed by atoms with E-state index in [4.69, 9.17) is 5.26 Å². The first-order valence-electron chi connectivity index (χ1n) is 7.53. The van der Waals surface area contributed by atoms with Gasteiger partial charge in [0.2, 0.25) is 11.8 Å². The van der Waals surface area contributed by atoms with Crippen molar-refractivity contribution < 1.29 is 9.59 Å². The molecule has 1 rings (SSSR count). The number of rotatable bonds is 7. The number of nitrogens with zero attached hydrogens (tertiary/aromatic N) is 2. The van der Waals surface area contributed by atoms with Crippen molar-refractivity contribution in [1.82, 2.24) is 10.2 Å². The molecule has 0 aliphatic rings. The van der Waals surface area contributed by atoms with E-state index in [2.05, 4.69) is 11.4 Å². The fourth-order valence-corrected chi connectivity index (χ4v) is 2.03. The summed E-state index contributed by atoms with van der Waals surface area (Å²) in [6, 6.07) is 9.27. The predicted molar refractivity (Wildman–Crippen MR) is 84.8 cm³/mol. The topological polar surface area (TPSA) is 73.2 Å². The van der Waals surface area contributed by atoms with Crippen LogP contribution >= 0.6 is 0 Å².